The number of fused-ring (bicyclic) bond motifs is 1. The Hall–Kier alpha value is -1.93. The lowest BCUT2D eigenvalue weighted by molar-refractivity contribution is 0.416. The number of rotatable bonds is 2. The van der Waals surface area contributed by atoms with Crippen molar-refractivity contribution in [3.05, 3.63) is 53.6 Å². The number of halogens is 1. The molecule has 2 aromatic carbocycles. The van der Waals surface area contributed by atoms with Crippen LogP contribution in [0.2, 0.25) is 5.02 Å². The van der Waals surface area contributed by atoms with Gasteiger partial charge in [-0.2, -0.15) is 0 Å². The van der Waals surface area contributed by atoms with Crippen LogP contribution in [-0.2, 0) is 0 Å². The van der Waals surface area contributed by atoms with Crippen molar-refractivity contribution in [3.8, 4) is 17.0 Å². The maximum Gasteiger partial charge on any atom is 0.128 e. The van der Waals surface area contributed by atoms with E-state index in [0.717, 1.165) is 32.9 Å². The molecule has 0 aliphatic rings. The first-order valence-electron chi connectivity index (χ1n) is 5.69. The highest BCUT2D eigenvalue weighted by atomic mass is 35.5. The quantitative estimate of drug-likeness (QED) is 0.719. The lowest BCUT2D eigenvalue weighted by atomic mass is 10.1. The molecule has 0 saturated carbocycles. The van der Waals surface area contributed by atoms with E-state index < -0.39 is 0 Å². The molecule has 3 aromatic rings. The van der Waals surface area contributed by atoms with Crippen LogP contribution in [0.25, 0.3) is 22.2 Å². The van der Waals surface area contributed by atoms with Crippen molar-refractivity contribution < 1.29 is 4.74 Å². The third-order valence-corrected chi connectivity index (χ3v) is 3.22. The van der Waals surface area contributed by atoms with Crippen molar-refractivity contribution in [3.63, 3.8) is 0 Å². The fourth-order valence-electron chi connectivity index (χ4n) is 2.11. The number of benzene rings is 2. The summed E-state index contributed by atoms with van der Waals surface area (Å²) in [5, 5.41) is 1.87. The average Bonchev–Trinajstić information content (AvgIpc) is 2.81. The van der Waals surface area contributed by atoms with Gasteiger partial charge >= 0.3 is 0 Å². The molecular formula is C15H12ClNO. The zero-order valence-electron chi connectivity index (χ0n) is 9.91. The van der Waals surface area contributed by atoms with Crippen molar-refractivity contribution in [2.75, 3.05) is 7.11 Å². The van der Waals surface area contributed by atoms with E-state index >= 15 is 0 Å². The largest absolute Gasteiger partial charge is 0.496 e. The zero-order chi connectivity index (χ0) is 12.5. The molecule has 3 rings (SSSR count). The van der Waals surface area contributed by atoms with Crippen molar-refractivity contribution in [2.45, 2.75) is 0 Å². The first-order chi connectivity index (χ1) is 8.78. The predicted octanol–water partition coefficient (Wildman–Crippen LogP) is 4.50. The minimum Gasteiger partial charge on any atom is -0.496 e. The number of aromatic nitrogens is 1. The van der Waals surface area contributed by atoms with Crippen LogP contribution >= 0.6 is 11.6 Å². The summed E-state index contributed by atoms with van der Waals surface area (Å²) in [6.07, 6.45) is 0. The Labute approximate surface area is 110 Å². The molecule has 0 unspecified atom stereocenters. The number of hydrogen-bond acceptors (Lipinski definition) is 1. The molecule has 0 bridgehead atoms. The minimum atomic E-state index is 0.732. The molecule has 18 heavy (non-hydrogen) atoms. The Kier molecular flexibility index (Phi) is 2.73. The molecule has 0 spiro atoms. The van der Waals surface area contributed by atoms with Crippen molar-refractivity contribution in [1.82, 2.24) is 4.98 Å². The molecule has 0 amide bonds. The van der Waals surface area contributed by atoms with Crippen LogP contribution in [-0.4, -0.2) is 12.1 Å². The molecule has 0 atom stereocenters. The fraction of sp³-hybridized carbons (Fsp3) is 0.0667. The topological polar surface area (TPSA) is 25.0 Å². The zero-order valence-corrected chi connectivity index (χ0v) is 10.7. The third kappa shape index (κ3) is 1.85. The Balaban J connectivity index is 2.19. The van der Waals surface area contributed by atoms with Gasteiger partial charge in [-0.1, -0.05) is 29.8 Å². The molecular weight excluding hydrogens is 246 g/mol. The molecule has 0 aliphatic heterocycles. The van der Waals surface area contributed by atoms with Crippen molar-refractivity contribution in [2.24, 2.45) is 0 Å². The summed E-state index contributed by atoms with van der Waals surface area (Å²) in [6.45, 7) is 0. The predicted molar refractivity (Wildman–Crippen MR) is 75.3 cm³/mol. The van der Waals surface area contributed by atoms with E-state index in [1.165, 1.54) is 0 Å². The molecule has 1 heterocycles. The monoisotopic (exact) mass is 257 g/mol. The van der Waals surface area contributed by atoms with Crippen LogP contribution in [0.4, 0.5) is 0 Å². The highest BCUT2D eigenvalue weighted by Crippen LogP contribution is 2.31. The van der Waals surface area contributed by atoms with Gasteiger partial charge in [0.05, 0.1) is 12.8 Å². The number of hydrogen-bond donors (Lipinski definition) is 1. The summed E-state index contributed by atoms with van der Waals surface area (Å²) in [6, 6.07) is 15.9. The molecule has 3 heteroatoms. The number of para-hydroxylation sites is 1. The molecule has 1 N–H and O–H groups in total. The van der Waals surface area contributed by atoms with E-state index in [1.807, 2.05) is 42.5 Å². The van der Waals surface area contributed by atoms with Gasteiger partial charge in [-0.3, -0.25) is 0 Å². The highest BCUT2D eigenvalue weighted by molar-refractivity contribution is 6.31. The van der Waals surface area contributed by atoms with E-state index in [0.29, 0.717) is 0 Å². The molecule has 0 aliphatic carbocycles. The fourth-order valence-corrected chi connectivity index (χ4v) is 2.28. The normalized spacial score (nSPS) is 10.8. The molecule has 0 fully saturated rings. The van der Waals surface area contributed by atoms with Gasteiger partial charge in [-0.15, -0.1) is 0 Å². The molecule has 0 saturated heterocycles. The molecule has 1 aromatic heterocycles. The van der Waals surface area contributed by atoms with Crippen LogP contribution in [0.1, 0.15) is 0 Å². The van der Waals surface area contributed by atoms with Crippen molar-refractivity contribution >= 4 is 22.5 Å². The average molecular weight is 258 g/mol. The second-order valence-electron chi connectivity index (χ2n) is 4.11. The summed E-state index contributed by atoms with van der Waals surface area (Å²) in [7, 11) is 1.68. The lowest BCUT2D eigenvalue weighted by Crippen LogP contribution is -1.86. The van der Waals surface area contributed by atoms with E-state index in [1.54, 1.807) is 7.11 Å². The number of aromatic amines is 1. The van der Waals surface area contributed by atoms with Crippen LogP contribution < -0.4 is 4.74 Å². The minimum absolute atomic E-state index is 0.732. The van der Waals surface area contributed by atoms with Gasteiger partial charge in [0.2, 0.25) is 0 Å². The molecule has 2 nitrogen and oxygen atoms in total. The van der Waals surface area contributed by atoms with Crippen LogP contribution in [0.15, 0.2) is 48.5 Å². The van der Waals surface area contributed by atoms with E-state index in [4.69, 9.17) is 16.3 Å². The standard InChI is InChI=1S/C15H12ClNO/c1-18-15-5-3-2-4-12(15)14-8-10-6-7-11(16)9-13(10)17-14/h2-9,17H,1H3. The SMILES string of the molecule is COc1ccccc1-c1cc2ccc(Cl)cc2[nH]1. The van der Waals surface area contributed by atoms with Gasteiger partial charge in [0.15, 0.2) is 0 Å². The smallest absolute Gasteiger partial charge is 0.128 e. The van der Waals surface area contributed by atoms with Gasteiger partial charge in [-0.05, 0) is 30.3 Å². The maximum atomic E-state index is 5.99. The van der Waals surface area contributed by atoms with Gasteiger partial charge in [0.25, 0.3) is 0 Å². The van der Waals surface area contributed by atoms with Gasteiger partial charge < -0.3 is 9.72 Å². The Morgan fingerprint density at radius 3 is 2.72 bits per heavy atom. The number of H-pyrrole nitrogens is 1. The summed E-state index contributed by atoms with van der Waals surface area (Å²) >= 11 is 5.99. The van der Waals surface area contributed by atoms with Crippen LogP contribution in [0, 0.1) is 0 Å². The lowest BCUT2D eigenvalue weighted by Gasteiger charge is -2.05. The van der Waals surface area contributed by atoms with Gasteiger partial charge in [0, 0.05) is 21.5 Å². The second-order valence-corrected chi connectivity index (χ2v) is 4.55. The number of methoxy groups -OCH3 is 1. The molecule has 90 valence electrons. The number of ether oxygens (including phenoxy) is 1. The van der Waals surface area contributed by atoms with Crippen molar-refractivity contribution in [1.29, 1.82) is 0 Å². The first kappa shape index (κ1) is 11.2. The van der Waals surface area contributed by atoms with Gasteiger partial charge in [0.1, 0.15) is 5.75 Å². The third-order valence-electron chi connectivity index (χ3n) is 2.98. The van der Waals surface area contributed by atoms with Gasteiger partial charge in [-0.25, -0.2) is 0 Å². The number of nitrogens with one attached hydrogen (secondary N) is 1. The Morgan fingerprint density at radius 1 is 1.06 bits per heavy atom. The van der Waals surface area contributed by atoms with Crippen LogP contribution in [0.3, 0.4) is 0 Å². The Bertz CT molecular complexity index is 703. The van der Waals surface area contributed by atoms with E-state index in [2.05, 4.69) is 11.1 Å². The highest BCUT2D eigenvalue weighted by Gasteiger charge is 2.08. The summed E-state index contributed by atoms with van der Waals surface area (Å²) in [4.78, 5) is 3.36. The Morgan fingerprint density at radius 2 is 1.89 bits per heavy atom. The van der Waals surface area contributed by atoms with E-state index in [9.17, 15) is 0 Å². The second kappa shape index (κ2) is 4.39. The maximum absolute atomic E-state index is 5.99. The van der Waals surface area contributed by atoms with E-state index in [-0.39, 0.29) is 0 Å². The first-order valence-corrected chi connectivity index (χ1v) is 6.07. The summed E-state index contributed by atoms with van der Waals surface area (Å²) in [5.41, 5.74) is 3.11. The van der Waals surface area contributed by atoms with Crippen LogP contribution in [0.5, 0.6) is 5.75 Å². The molecule has 0 radical (unpaired) electrons. The summed E-state index contributed by atoms with van der Waals surface area (Å²) < 4.78 is 5.37. The summed E-state index contributed by atoms with van der Waals surface area (Å²) in [5.74, 6) is 0.857.